The van der Waals surface area contributed by atoms with Crippen molar-refractivity contribution in [3.8, 4) is 5.75 Å². The Morgan fingerprint density at radius 3 is 2.43 bits per heavy atom. The molecule has 0 aliphatic rings. The normalized spacial score (nSPS) is 11.7. The molecule has 0 saturated carbocycles. The van der Waals surface area contributed by atoms with Crippen LogP contribution in [0.5, 0.6) is 5.75 Å². The number of ether oxygens (including phenoxy) is 1. The Balaban J connectivity index is 2.21. The minimum absolute atomic E-state index is 0.0471. The molecule has 0 bridgehead atoms. The highest BCUT2D eigenvalue weighted by Crippen LogP contribution is 2.37. The van der Waals surface area contributed by atoms with Crippen molar-refractivity contribution < 1.29 is 17.9 Å². The Labute approximate surface area is 141 Å². The highest BCUT2D eigenvalue weighted by atomic mass is 35.5. The second kappa shape index (κ2) is 10.8. The largest absolute Gasteiger partial charge is 0.492 e. The number of nitrogens with one attached hydrogen (secondary N) is 1. The van der Waals surface area contributed by atoms with Crippen LogP contribution in [0.4, 0.5) is 13.2 Å². The van der Waals surface area contributed by atoms with Crippen LogP contribution >= 0.6 is 11.6 Å². The van der Waals surface area contributed by atoms with Crippen LogP contribution in [0.1, 0.15) is 51.0 Å². The summed E-state index contributed by atoms with van der Waals surface area (Å²) in [5, 5.41) is 3.23. The highest BCUT2D eigenvalue weighted by molar-refractivity contribution is 6.30. The molecule has 23 heavy (non-hydrogen) atoms. The maximum absolute atomic E-state index is 12.9. The summed E-state index contributed by atoms with van der Waals surface area (Å²) in [6, 6.07) is 3.55. The second-order valence-corrected chi connectivity index (χ2v) is 5.94. The van der Waals surface area contributed by atoms with Crippen molar-refractivity contribution in [2.45, 2.75) is 51.6 Å². The molecule has 0 saturated heterocycles. The van der Waals surface area contributed by atoms with E-state index < -0.39 is 11.7 Å². The molecule has 0 amide bonds. The van der Waals surface area contributed by atoms with Crippen LogP contribution in [0.2, 0.25) is 5.02 Å². The lowest BCUT2D eigenvalue weighted by molar-refractivity contribution is -0.138. The van der Waals surface area contributed by atoms with E-state index in [1.165, 1.54) is 44.2 Å². The predicted molar refractivity (Wildman–Crippen MR) is 88.2 cm³/mol. The van der Waals surface area contributed by atoms with E-state index in [0.29, 0.717) is 6.54 Å². The number of rotatable bonds is 11. The average molecular weight is 352 g/mol. The third kappa shape index (κ3) is 8.47. The zero-order valence-corrected chi connectivity index (χ0v) is 14.3. The van der Waals surface area contributed by atoms with E-state index in [2.05, 4.69) is 12.2 Å². The molecular formula is C17H25ClF3NO. The summed E-state index contributed by atoms with van der Waals surface area (Å²) in [4.78, 5) is 0. The van der Waals surface area contributed by atoms with E-state index in [1.54, 1.807) is 0 Å². The molecule has 0 aliphatic heterocycles. The zero-order valence-electron chi connectivity index (χ0n) is 13.5. The molecule has 0 spiro atoms. The first-order chi connectivity index (χ1) is 10.9. The maximum atomic E-state index is 12.9. The van der Waals surface area contributed by atoms with Gasteiger partial charge in [0.1, 0.15) is 12.4 Å². The van der Waals surface area contributed by atoms with Crippen LogP contribution in [0, 0.1) is 0 Å². The topological polar surface area (TPSA) is 21.3 Å². The molecule has 1 aromatic rings. The third-order valence-corrected chi connectivity index (χ3v) is 3.73. The zero-order chi connectivity index (χ0) is 17.1. The molecule has 0 unspecified atom stereocenters. The van der Waals surface area contributed by atoms with E-state index in [4.69, 9.17) is 16.3 Å². The van der Waals surface area contributed by atoms with Gasteiger partial charge < -0.3 is 10.1 Å². The van der Waals surface area contributed by atoms with Gasteiger partial charge in [-0.3, -0.25) is 0 Å². The van der Waals surface area contributed by atoms with E-state index in [0.717, 1.165) is 19.0 Å². The summed E-state index contributed by atoms with van der Waals surface area (Å²) in [5.41, 5.74) is -0.832. The summed E-state index contributed by atoms with van der Waals surface area (Å²) in [5.74, 6) is -0.178. The Hall–Kier alpha value is -0.940. The minimum Gasteiger partial charge on any atom is -0.492 e. The summed E-state index contributed by atoms with van der Waals surface area (Å²) in [6.45, 7) is 3.77. The first-order valence-electron chi connectivity index (χ1n) is 8.15. The van der Waals surface area contributed by atoms with Gasteiger partial charge in [0.05, 0.1) is 5.56 Å². The van der Waals surface area contributed by atoms with Crippen LogP contribution in [0.15, 0.2) is 18.2 Å². The molecule has 2 nitrogen and oxygen atoms in total. The van der Waals surface area contributed by atoms with Crippen molar-refractivity contribution in [3.63, 3.8) is 0 Å². The quantitative estimate of drug-likeness (QED) is 0.517. The van der Waals surface area contributed by atoms with Crippen LogP contribution in [-0.2, 0) is 6.18 Å². The molecule has 0 heterocycles. The standard InChI is InChI=1S/C17H25ClF3NO/c1-2-3-4-5-6-7-10-22-11-12-23-16-9-8-14(18)13-15(16)17(19,20)21/h8-9,13,22H,2-7,10-12H2,1H3. The fourth-order valence-corrected chi connectivity index (χ4v) is 2.41. The van der Waals surface area contributed by atoms with Crippen molar-refractivity contribution in [2.75, 3.05) is 19.7 Å². The maximum Gasteiger partial charge on any atom is 0.420 e. The van der Waals surface area contributed by atoms with Gasteiger partial charge in [-0.2, -0.15) is 13.2 Å². The van der Waals surface area contributed by atoms with Gasteiger partial charge in [-0.25, -0.2) is 0 Å². The van der Waals surface area contributed by atoms with Crippen molar-refractivity contribution in [1.82, 2.24) is 5.32 Å². The first kappa shape index (κ1) is 20.1. The summed E-state index contributed by atoms with van der Waals surface area (Å²) < 4.78 is 43.9. The lowest BCUT2D eigenvalue weighted by Gasteiger charge is -2.14. The van der Waals surface area contributed by atoms with Crippen molar-refractivity contribution in [2.24, 2.45) is 0 Å². The lowest BCUT2D eigenvalue weighted by atomic mass is 10.1. The Morgan fingerprint density at radius 2 is 1.74 bits per heavy atom. The molecule has 1 rings (SSSR count). The average Bonchev–Trinajstić information content (AvgIpc) is 2.49. The smallest absolute Gasteiger partial charge is 0.420 e. The van der Waals surface area contributed by atoms with Crippen LogP contribution in [-0.4, -0.2) is 19.7 Å². The molecule has 0 aliphatic carbocycles. The van der Waals surface area contributed by atoms with Crippen molar-refractivity contribution in [1.29, 1.82) is 0 Å². The molecule has 0 aromatic heterocycles. The fourth-order valence-electron chi connectivity index (χ4n) is 2.24. The number of hydrogen-bond donors (Lipinski definition) is 1. The molecule has 1 aromatic carbocycles. The van der Waals surface area contributed by atoms with Gasteiger partial charge >= 0.3 is 6.18 Å². The van der Waals surface area contributed by atoms with Crippen molar-refractivity contribution in [3.05, 3.63) is 28.8 Å². The lowest BCUT2D eigenvalue weighted by Crippen LogP contribution is -2.22. The molecule has 0 radical (unpaired) electrons. The van der Waals surface area contributed by atoms with Crippen LogP contribution < -0.4 is 10.1 Å². The van der Waals surface area contributed by atoms with Gasteiger partial charge in [-0.05, 0) is 31.2 Å². The number of unbranched alkanes of at least 4 members (excludes halogenated alkanes) is 5. The molecule has 6 heteroatoms. The molecular weight excluding hydrogens is 327 g/mol. The van der Waals surface area contributed by atoms with E-state index >= 15 is 0 Å². The van der Waals surface area contributed by atoms with Gasteiger partial charge in [0.15, 0.2) is 0 Å². The Morgan fingerprint density at radius 1 is 1.04 bits per heavy atom. The van der Waals surface area contributed by atoms with Gasteiger partial charge in [0.2, 0.25) is 0 Å². The van der Waals surface area contributed by atoms with Gasteiger partial charge in [-0.15, -0.1) is 0 Å². The number of alkyl halides is 3. The van der Waals surface area contributed by atoms with Crippen molar-refractivity contribution >= 4 is 11.6 Å². The van der Waals surface area contributed by atoms with E-state index in [9.17, 15) is 13.2 Å². The molecule has 0 atom stereocenters. The highest BCUT2D eigenvalue weighted by Gasteiger charge is 2.34. The molecule has 0 fully saturated rings. The molecule has 132 valence electrons. The van der Waals surface area contributed by atoms with E-state index in [1.807, 2.05) is 0 Å². The SMILES string of the molecule is CCCCCCCCNCCOc1ccc(Cl)cc1C(F)(F)F. The van der Waals surface area contributed by atoms with Gasteiger partial charge in [-0.1, -0.05) is 50.6 Å². The van der Waals surface area contributed by atoms with Gasteiger partial charge in [0.25, 0.3) is 0 Å². The second-order valence-electron chi connectivity index (χ2n) is 5.50. The Kier molecular flexibility index (Phi) is 9.41. The number of hydrogen-bond acceptors (Lipinski definition) is 2. The predicted octanol–water partition coefficient (Wildman–Crippen LogP) is 5.69. The fraction of sp³-hybridized carbons (Fsp3) is 0.647. The number of halogens is 4. The first-order valence-corrected chi connectivity index (χ1v) is 8.53. The Bertz CT molecular complexity index is 452. The minimum atomic E-state index is -4.47. The molecule has 1 N–H and O–H groups in total. The van der Waals surface area contributed by atoms with Crippen LogP contribution in [0.25, 0.3) is 0 Å². The van der Waals surface area contributed by atoms with Crippen LogP contribution in [0.3, 0.4) is 0 Å². The van der Waals surface area contributed by atoms with Gasteiger partial charge in [0, 0.05) is 11.6 Å². The third-order valence-electron chi connectivity index (χ3n) is 3.49. The number of benzene rings is 1. The monoisotopic (exact) mass is 351 g/mol. The summed E-state index contributed by atoms with van der Waals surface area (Å²) >= 11 is 5.62. The summed E-state index contributed by atoms with van der Waals surface area (Å²) in [6.07, 6.45) is 2.83. The van der Waals surface area contributed by atoms with E-state index in [-0.39, 0.29) is 17.4 Å². The summed E-state index contributed by atoms with van der Waals surface area (Å²) in [7, 11) is 0.